The van der Waals surface area contributed by atoms with E-state index in [1.165, 1.54) is 42.4 Å². The van der Waals surface area contributed by atoms with Gasteiger partial charge >= 0.3 is 0 Å². The van der Waals surface area contributed by atoms with Gasteiger partial charge in [-0.25, -0.2) is 0 Å². The van der Waals surface area contributed by atoms with E-state index in [-0.39, 0.29) is 12.6 Å². The van der Waals surface area contributed by atoms with Gasteiger partial charge < -0.3 is 10.8 Å². The topological polar surface area (TPSA) is 46.2 Å². The summed E-state index contributed by atoms with van der Waals surface area (Å²) in [4.78, 5) is 0. The molecule has 1 atom stereocenters. The molecule has 88 valence electrons. The Morgan fingerprint density at radius 3 is 2.69 bits per heavy atom. The SMILES string of the molecule is NC(CCCO)c1ccc2c(c1)CCCC2. The Balaban J connectivity index is 2.10. The molecule has 1 aliphatic carbocycles. The molecule has 0 fully saturated rings. The van der Waals surface area contributed by atoms with Crippen molar-refractivity contribution in [2.45, 2.75) is 44.6 Å². The number of aliphatic hydroxyl groups excluding tert-OH is 1. The number of fused-ring (bicyclic) bond motifs is 1. The monoisotopic (exact) mass is 219 g/mol. The predicted octanol–water partition coefficient (Wildman–Crippen LogP) is 2.34. The van der Waals surface area contributed by atoms with Crippen LogP contribution in [-0.2, 0) is 12.8 Å². The Morgan fingerprint density at radius 2 is 1.94 bits per heavy atom. The summed E-state index contributed by atoms with van der Waals surface area (Å²) in [6, 6.07) is 6.75. The van der Waals surface area contributed by atoms with Crippen molar-refractivity contribution in [3.8, 4) is 0 Å². The molecule has 0 amide bonds. The van der Waals surface area contributed by atoms with Crippen LogP contribution in [0, 0.1) is 0 Å². The maximum atomic E-state index is 8.80. The lowest BCUT2D eigenvalue weighted by molar-refractivity contribution is 0.280. The molecule has 2 rings (SSSR count). The number of hydrogen-bond acceptors (Lipinski definition) is 2. The fourth-order valence-electron chi connectivity index (χ4n) is 2.46. The Bertz CT molecular complexity index is 349. The molecule has 0 spiro atoms. The molecule has 0 bridgehead atoms. The first kappa shape index (κ1) is 11.6. The molecule has 2 nitrogen and oxygen atoms in total. The third-order valence-corrected chi connectivity index (χ3v) is 3.47. The highest BCUT2D eigenvalue weighted by molar-refractivity contribution is 5.35. The zero-order valence-electron chi connectivity index (χ0n) is 9.78. The Hall–Kier alpha value is -0.860. The van der Waals surface area contributed by atoms with Gasteiger partial charge in [-0.15, -0.1) is 0 Å². The molecule has 1 unspecified atom stereocenters. The summed E-state index contributed by atoms with van der Waals surface area (Å²) in [5, 5.41) is 8.80. The number of rotatable bonds is 4. The smallest absolute Gasteiger partial charge is 0.0431 e. The van der Waals surface area contributed by atoms with Crippen LogP contribution in [0.3, 0.4) is 0 Å². The zero-order chi connectivity index (χ0) is 11.4. The molecule has 0 radical (unpaired) electrons. The van der Waals surface area contributed by atoms with Crippen LogP contribution < -0.4 is 5.73 Å². The molecule has 2 heteroatoms. The van der Waals surface area contributed by atoms with E-state index < -0.39 is 0 Å². The zero-order valence-corrected chi connectivity index (χ0v) is 9.78. The summed E-state index contributed by atoms with van der Waals surface area (Å²) < 4.78 is 0. The van der Waals surface area contributed by atoms with Crippen LogP contribution in [0.5, 0.6) is 0 Å². The van der Waals surface area contributed by atoms with Gasteiger partial charge in [-0.3, -0.25) is 0 Å². The molecule has 1 aliphatic rings. The minimum Gasteiger partial charge on any atom is -0.396 e. The molecule has 0 saturated carbocycles. The van der Waals surface area contributed by atoms with Gasteiger partial charge in [0.05, 0.1) is 0 Å². The van der Waals surface area contributed by atoms with Crippen molar-refractivity contribution >= 4 is 0 Å². The van der Waals surface area contributed by atoms with Gasteiger partial charge in [0.2, 0.25) is 0 Å². The standard InChI is InChI=1S/C14H21NO/c15-14(6-3-9-16)13-8-7-11-4-1-2-5-12(11)10-13/h7-8,10,14,16H,1-6,9,15H2. The minimum atomic E-state index is 0.0828. The molecule has 16 heavy (non-hydrogen) atoms. The normalized spacial score (nSPS) is 16.9. The van der Waals surface area contributed by atoms with Crippen LogP contribution in [0.15, 0.2) is 18.2 Å². The summed E-state index contributed by atoms with van der Waals surface area (Å²) in [7, 11) is 0. The number of hydrogen-bond donors (Lipinski definition) is 2. The summed E-state index contributed by atoms with van der Waals surface area (Å²) in [6.45, 7) is 0.235. The summed E-state index contributed by atoms with van der Waals surface area (Å²) in [5.74, 6) is 0. The van der Waals surface area contributed by atoms with E-state index in [1.807, 2.05) is 0 Å². The van der Waals surface area contributed by atoms with Gasteiger partial charge in [-0.05, 0) is 55.2 Å². The van der Waals surface area contributed by atoms with E-state index in [2.05, 4.69) is 18.2 Å². The van der Waals surface area contributed by atoms with Crippen molar-refractivity contribution < 1.29 is 5.11 Å². The van der Waals surface area contributed by atoms with E-state index in [4.69, 9.17) is 10.8 Å². The Kier molecular flexibility index (Phi) is 3.97. The first-order chi connectivity index (χ1) is 7.81. The van der Waals surface area contributed by atoms with Crippen molar-refractivity contribution in [3.63, 3.8) is 0 Å². The van der Waals surface area contributed by atoms with Gasteiger partial charge in [-0.2, -0.15) is 0 Å². The first-order valence-corrected chi connectivity index (χ1v) is 6.29. The van der Waals surface area contributed by atoms with Crippen molar-refractivity contribution in [1.82, 2.24) is 0 Å². The number of nitrogens with two attached hydrogens (primary N) is 1. The Morgan fingerprint density at radius 1 is 1.19 bits per heavy atom. The van der Waals surface area contributed by atoms with Crippen molar-refractivity contribution in [2.24, 2.45) is 5.73 Å². The maximum Gasteiger partial charge on any atom is 0.0431 e. The van der Waals surface area contributed by atoms with Crippen LogP contribution in [0.4, 0.5) is 0 Å². The molecule has 0 heterocycles. The number of benzene rings is 1. The van der Waals surface area contributed by atoms with E-state index in [0.29, 0.717) is 0 Å². The average Bonchev–Trinajstić information content (AvgIpc) is 2.35. The fraction of sp³-hybridized carbons (Fsp3) is 0.571. The largest absolute Gasteiger partial charge is 0.396 e. The van der Waals surface area contributed by atoms with Crippen LogP contribution in [0.2, 0.25) is 0 Å². The molecule has 1 aromatic rings. The van der Waals surface area contributed by atoms with Crippen molar-refractivity contribution in [2.75, 3.05) is 6.61 Å². The van der Waals surface area contributed by atoms with E-state index in [9.17, 15) is 0 Å². The summed E-state index contributed by atoms with van der Waals surface area (Å²) in [5.41, 5.74) is 10.3. The van der Waals surface area contributed by atoms with Crippen LogP contribution >= 0.6 is 0 Å². The fourth-order valence-corrected chi connectivity index (χ4v) is 2.46. The predicted molar refractivity (Wildman–Crippen MR) is 66.3 cm³/mol. The molecule has 3 N–H and O–H groups in total. The maximum absolute atomic E-state index is 8.80. The van der Waals surface area contributed by atoms with Gasteiger partial charge in [0.1, 0.15) is 0 Å². The van der Waals surface area contributed by atoms with Crippen LogP contribution in [0.25, 0.3) is 0 Å². The third-order valence-electron chi connectivity index (χ3n) is 3.47. The molecular weight excluding hydrogens is 198 g/mol. The summed E-state index contributed by atoms with van der Waals surface area (Å²) in [6.07, 6.45) is 6.72. The van der Waals surface area contributed by atoms with Crippen LogP contribution in [-0.4, -0.2) is 11.7 Å². The third kappa shape index (κ3) is 2.63. The van der Waals surface area contributed by atoms with E-state index >= 15 is 0 Å². The van der Waals surface area contributed by atoms with E-state index in [1.54, 1.807) is 0 Å². The highest BCUT2D eigenvalue weighted by Crippen LogP contribution is 2.25. The second-order valence-corrected chi connectivity index (χ2v) is 4.71. The van der Waals surface area contributed by atoms with E-state index in [0.717, 1.165) is 12.8 Å². The van der Waals surface area contributed by atoms with Crippen molar-refractivity contribution in [1.29, 1.82) is 0 Å². The number of aliphatic hydroxyl groups is 1. The molecular formula is C14H21NO. The minimum absolute atomic E-state index is 0.0828. The highest BCUT2D eigenvalue weighted by atomic mass is 16.2. The van der Waals surface area contributed by atoms with Crippen LogP contribution in [0.1, 0.15) is 48.4 Å². The van der Waals surface area contributed by atoms with Gasteiger partial charge in [0.15, 0.2) is 0 Å². The molecule has 0 aliphatic heterocycles. The average molecular weight is 219 g/mol. The van der Waals surface area contributed by atoms with Gasteiger partial charge in [0.25, 0.3) is 0 Å². The number of aryl methyl sites for hydroxylation is 2. The quantitative estimate of drug-likeness (QED) is 0.816. The lowest BCUT2D eigenvalue weighted by Crippen LogP contribution is -2.12. The molecule has 0 saturated heterocycles. The van der Waals surface area contributed by atoms with Gasteiger partial charge in [-0.1, -0.05) is 18.2 Å². The second kappa shape index (κ2) is 5.46. The second-order valence-electron chi connectivity index (χ2n) is 4.71. The Labute approximate surface area is 97.5 Å². The lowest BCUT2D eigenvalue weighted by Gasteiger charge is -2.19. The molecule has 1 aromatic carbocycles. The summed E-state index contributed by atoms with van der Waals surface area (Å²) >= 11 is 0. The lowest BCUT2D eigenvalue weighted by atomic mass is 9.88. The highest BCUT2D eigenvalue weighted by Gasteiger charge is 2.12. The van der Waals surface area contributed by atoms with Gasteiger partial charge in [0, 0.05) is 12.6 Å². The van der Waals surface area contributed by atoms with Crippen molar-refractivity contribution in [3.05, 3.63) is 34.9 Å². The first-order valence-electron chi connectivity index (χ1n) is 6.29. The molecule has 0 aromatic heterocycles.